The van der Waals surface area contributed by atoms with Crippen molar-refractivity contribution in [3.8, 4) is 0 Å². The molecule has 2 aromatic rings. The average molecular weight is 1200 g/mol. The van der Waals surface area contributed by atoms with Gasteiger partial charge >= 0.3 is 12.1 Å². The van der Waals surface area contributed by atoms with Gasteiger partial charge in [-0.15, -0.1) is 0 Å². The number of hydrogen-bond acceptors (Lipinski definition) is 16. The van der Waals surface area contributed by atoms with Gasteiger partial charge < -0.3 is 33.9 Å². The van der Waals surface area contributed by atoms with Crippen LogP contribution in [0.1, 0.15) is 134 Å². The second-order valence-electron chi connectivity index (χ2n) is 23.2. The van der Waals surface area contributed by atoms with Crippen molar-refractivity contribution in [1.29, 1.82) is 0 Å². The molecule has 19 nitrogen and oxygen atoms in total. The van der Waals surface area contributed by atoms with Gasteiger partial charge in [0.1, 0.15) is 35.7 Å². The normalized spacial score (nSPS) is 26.5. The lowest BCUT2D eigenvalue weighted by Crippen LogP contribution is -2.63. The van der Waals surface area contributed by atoms with Crippen molar-refractivity contribution in [2.75, 3.05) is 38.4 Å². The monoisotopic (exact) mass is 1200 g/mol. The van der Waals surface area contributed by atoms with Gasteiger partial charge in [-0.2, -0.15) is 5.10 Å². The van der Waals surface area contributed by atoms with E-state index in [0.717, 1.165) is 58.4 Å². The second kappa shape index (κ2) is 27.9. The minimum absolute atomic E-state index is 0.0744. The quantitative estimate of drug-likeness (QED) is 0.0283. The van der Waals surface area contributed by atoms with Crippen molar-refractivity contribution >= 4 is 92.0 Å². The molecule has 4 bridgehead atoms. The summed E-state index contributed by atoms with van der Waals surface area (Å²) in [5, 5.41) is 19.3. The maximum Gasteiger partial charge on any atom is 0.409 e. The average Bonchev–Trinajstić information content (AvgIpc) is 3.26. The Bertz CT molecular complexity index is 2950. The predicted octanol–water partition coefficient (Wildman–Crippen LogP) is 8.21. The first-order chi connectivity index (χ1) is 39.2. The number of benzene rings is 2. The summed E-state index contributed by atoms with van der Waals surface area (Å²) in [4.78, 5) is 109. The van der Waals surface area contributed by atoms with Gasteiger partial charge in [-0.05, 0) is 108 Å². The molecule has 0 aromatic heterocycles. The zero-order valence-corrected chi connectivity index (χ0v) is 51.6. The van der Waals surface area contributed by atoms with Crippen LogP contribution in [0, 0.1) is 12.8 Å². The number of esters is 1. The van der Waals surface area contributed by atoms with Crippen LogP contribution in [0.2, 0.25) is 5.02 Å². The molecule has 0 unspecified atom stereocenters. The maximum atomic E-state index is 14.4. The molecule has 450 valence electrons. The lowest BCUT2D eigenvalue weighted by molar-refractivity contribution is -0.162. The van der Waals surface area contributed by atoms with E-state index < -0.39 is 70.4 Å². The van der Waals surface area contributed by atoms with Crippen LogP contribution in [0.25, 0.3) is 0 Å². The van der Waals surface area contributed by atoms with E-state index in [1.54, 1.807) is 40.0 Å². The van der Waals surface area contributed by atoms with Crippen molar-refractivity contribution < 1.29 is 62.4 Å². The summed E-state index contributed by atoms with van der Waals surface area (Å²) in [6.07, 6.45) is 8.75. The Morgan fingerprint density at radius 3 is 2.51 bits per heavy atom. The number of aryl methyl sites for hydroxylation is 2. The molecule has 8 atom stereocenters. The van der Waals surface area contributed by atoms with E-state index in [1.807, 2.05) is 64.1 Å². The molecule has 0 saturated carbocycles. The Balaban J connectivity index is 0.911. The number of ketones is 1. The van der Waals surface area contributed by atoms with Crippen LogP contribution in [0.3, 0.4) is 0 Å². The lowest BCUT2D eigenvalue weighted by atomic mass is 9.83. The van der Waals surface area contributed by atoms with Crippen molar-refractivity contribution in [3.05, 3.63) is 99.1 Å². The number of nitrogens with zero attached hydrogens (tertiary/aromatic N) is 4. The Kier molecular flexibility index (Phi) is 21.8. The summed E-state index contributed by atoms with van der Waals surface area (Å²) in [5.41, 5.74) is 6.41. The highest BCUT2D eigenvalue weighted by atomic mass is 35.5. The standard InChI is InChI=1S/C61H79ClN6O13S2/c1-36-16-14-20-48(78-10)61(77)34-47(79-58(76)63-61)38(3)56-60(7,81-56)49(33-54(74)67(9)46-32-41(28-36)29-37(2)55(46)62)80-57(75)39(4)66(8)51(71)25-27-82-83-59(5,6)35-50(70)65-64-45-19-15-17-42-30-40(21-22-44(42)45)31-43(69)18-12-11-13-26-68-52(72)23-24-53(68)73/h14,16,20-24,29-30,32,38-39,47-49,56,77H,11-13,15,17-19,25-28,31,33-35H2,1-10H3,(H,63,76)(H,65,70)/b20-14+,36-16+,64-45-/t38-,39+,47+,48-,49+,56+,60+,61+/m1/s1. The smallest absolute Gasteiger partial charge is 0.409 e. The van der Waals surface area contributed by atoms with Gasteiger partial charge in [0.25, 0.3) is 11.8 Å². The number of hydrazone groups is 1. The van der Waals surface area contributed by atoms with Gasteiger partial charge in [-0.1, -0.05) is 94.6 Å². The third-order valence-corrected chi connectivity index (χ3v) is 19.9. The third kappa shape index (κ3) is 16.5. The summed E-state index contributed by atoms with van der Waals surface area (Å²) < 4.78 is 23.4. The molecule has 6 amide bonds. The van der Waals surface area contributed by atoms with Crippen LogP contribution in [0.15, 0.2) is 71.4 Å². The topological polar surface area (TPSA) is 243 Å². The molecular weight excluding hydrogens is 1120 g/mol. The molecule has 1 aliphatic carbocycles. The van der Waals surface area contributed by atoms with E-state index in [1.165, 1.54) is 62.6 Å². The number of Topliss-reactive ketones (excluding diaryl/α,β-unsaturated/α-hetero) is 1. The predicted molar refractivity (Wildman–Crippen MR) is 320 cm³/mol. The molecule has 2 saturated heterocycles. The number of epoxide rings is 1. The highest BCUT2D eigenvalue weighted by Gasteiger charge is 2.64. The van der Waals surface area contributed by atoms with Crippen molar-refractivity contribution in [1.82, 2.24) is 20.5 Å². The number of fused-ring (bicyclic) bond motifs is 6. The number of aliphatic hydroxyl groups is 1. The molecule has 2 fully saturated rings. The van der Waals surface area contributed by atoms with Crippen LogP contribution in [-0.4, -0.2) is 148 Å². The van der Waals surface area contributed by atoms with Crippen LogP contribution < -0.4 is 15.6 Å². The lowest BCUT2D eigenvalue weighted by Gasteiger charge is -2.42. The number of amides is 6. The highest BCUT2D eigenvalue weighted by Crippen LogP contribution is 2.49. The fraction of sp³-hybridized carbons (Fsp3) is 0.557. The first-order valence-corrected chi connectivity index (χ1v) is 31.0. The number of methoxy groups -OCH3 is 1. The summed E-state index contributed by atoms with van der Waals surface area (Å²) in [6, 6.07) is 8.66. The van der Waals surface area contributed by atoms with Gasteiger partial charge in [-0.3, -0.25) is 39.0 Å². The minimum atomic E-state index is -1.86. The fourth-order valence-electron chi connectivity index (χ4n) is 11.0. The Hall–Kier alpha value is -5.84. The number of nitrogens with one attached hydrogen (secondary N) is 2. The summed E-state index contributed by atoms with van der Waals surface area (Å²) in [5.74, 6) is -2.43. The number of likely N-dealkylation sites (N-methyl/N-ethyl adjacent to an activating group) is 1. The molecule has 7 rings (SSSR count). The largest absolute Gasteiger partial charge is 0.457 e. The zero-order chi connectivity index (χ0) is 60.6. The molecule has 3 N–H and O–H groups in total. The summed E-state index contributed by atoms with van der Waals surface area (Å²) in [7, 11) is 7.45. The number of anilines is 1. The number of ether oxygens (including phenoxy) is 4. The van der Waals surface area contributed by atoms with E-state index in [2.05, 4.69) is 15.8 Å². The summed E-state index contributed by atoms with van der Waals surface area (Å²) >= 11 is 6.85. The Morgan fingerprint density at radius 2 is 1.78 bits per heavy atom. The van der Waals surface area contributed by atoms with Gasteiger partial charge in [0.05, 0.1) is 28.9 Å². The van der Waals surface area contributed by atoms with Gasteiger partial charge in [0.15, 0.2) is 5.72 Å². The highest BCUT2D eigenvalue weighted by molar-refractivity contribution is 8.77. The van der Waals surface area contributed by atoms with E-state index in [0.29, 0.717) is 61.5 Å². The SMILES string of the molecule is CO[C@@H]1/C=C/C=C(\C)Cc2cc(C)c(Cl)c(c2)N(C)C(=O)C[C@H](OC(=O)[C@H](C)N(C)C(=O)CCSSC(C)(C)CC(=O)N/N=C2/CCCc3cc(CC(=O)CCCCCN4C(=O)C=CC4=O)ccc32)[C@]2(C)O[C@H]2[C@H](C)[C@@H]2C[C@@]1(O)NC(=O)O2. The van der Waals surface area contributed by atoms with E-state index in [4.69, 9.17) is 30.5 Å². The number of imide groups is 1. The second-order valence-corrected chi connectivity index (χ2v) is 26.7. The van der Waals surface area contributed by atoms with Crippen LogP contribution in [0.4, 0.5) is 10.5 Å². The maximum absolute atomic E-state index is 14.4. The van der Waals surface area contributed by atoms with E-state index in [9.17, 15) is 43.5 Å². The third-order valence-electron chi connectivity index (χ3n) is 16.1. The van der Waals surface area contributed by atoms with Gasteiger partial charge in [0, 0.05) is 94.0 Å². The number of allylic oxidation sites excluding steroid dienone is 3. The number of rotatable bonds is 20. The Labute approximate surface area is 499 Å². The van der Waals surface area contributed by atoms with Crippen molar-refractivity contribution in [3.63, 3.8) is 0 Å². The zero-order valence-electron chi connectivity index (χ0n) is 49.2. The molecule has 4 aliphatic heterocycles. The number of halogens is 1. The molecule has 83 heavy (non-hydrogen) atoms. The van der Waals surface area contributed by atoms with Gasteiger partial charge in [0.2, 0.25) is 17.7 Å². The molecule has 4 heterocycles. The van der Waals surface area contributed by atoms with E-state index >= 15 is 0 Å². The van der Waals surface area contributed by atoms with Gasteiger partial charge in [-0.25, -0.2) is 15.0 Å². The minimum Gasteiger partial charge on any atom is -0.457 e. The van der Waals surface area contributed by atoms with E-state index in [-0.39, 0.29) is 55.1 Å². The van der Waals surface area contributed by atoms with Crippen molar-refractivity contribution in [2.45, 2.75) is 178 Å². The number of alkyl carbamates (subject to hydrolysis) is 1. The molecule has 0 spiro atoms. The van der Waals surface area contributed by atoms with Crippen LogP contribution in [-0.2, 0) is 71.8 Å². The summed E-state index contributed by atoms with van der Waals surface area (Å²) in [6.45, 7) is 13.1. The molecular formula is C61H79ClN6O13S2. The van der Waals surface area contributed by atoms with Crippen molar-refractivity contribution in [2.24, 2.45) is 11.0 Å². The first-order valence-electron chi connectivity index (χ1n) is 28.3. The van der Waals surface area contributed by atoms with Crippen LogP contribution >= 0.6 is 33.2 Å². The number of hydrogen-bond donors (Lipinski definition) is 3. The number of unbranched alkanes of at least 4 members (excludes halogenated alkanes) is 2. The first kappa shape index (κ1) is 64.7. The number of carbonyl (C=O) groups is 8. The Morgan fingerprint density at radius 1 is 1.05 bits per heavy atom. The molecule has 2 aromatic carbocycles. The number of carbonyl (C=O) groups excluding carboxylic acids is 8. The molecule has 22 heteroatoms. The van der Waals surface area contributed by atoms with Crippen LogP contribution in [0.5, 0.6) is 0 Å². The fourth-order valence-corrected chi connectivity index (χ4v) is 13.7. The molecule has 5 aliphatic rings. The molecule has 0 radical (unpaired) electrons.